The number of benzene rings is 1. The van der Waals surface area contributed by atoms with Crippen molar-refractivity contribution in [3.63, 3.8) is 0 Å². The molecule has 21 heavy (non-hydrogen) atoms. The van der Waals surface area contributed by atoms with Crippen molar-refractivity contribution in [3.8, 4) is 0 Å². The minimum Gasteiger partial charge on any atom is -0.299 e. The molecule has 0 bridgehead atoms. The number of anilines is 1. The highest BCUT2D eigenvalue weighted by atomic mass is 16.2. The molecular formula is C15H16N4O2. The Balaban J connectivity index is 2.20. The summed E-state index contributed by atoms with van der Waals surface area (Å²) in [5.74, 6) is 0.471. The molecule has 0 saturated heterocycles. The van der Waals surface area contributed by atoms with Crippen molar-refractivity contribution in [3.05, 3.63) is 61.8 Å². The van der Waals surface area contributed by atoms with Crippen LogP contribution >= 0.6 is 0 Å². The van der Waals surface area contributed by atoms with Gasteiger partial charge in [-0.15, -0.1) is 0 Å². The van der Waals surface area contributed by atoms with Gasteiger partial charge >= 0.3 is 5.69 Å². The van der Waals surface area contributed by atoms with Gasteiger partial charge in [0.1, 0.15) is 5.82 Å². The Morgan fingerprint density at radius 3 is 2.29 bits per heavy atom. The molecule has 0 spiro atoms. The first-order valence-corrected chi connectivity index (χ1v) is 6.60. The third-order valence-corrected chi connectivity index (χ3v) is 3.67. The third kappa shape index (κ3) is 2.05. The number of hydrazine groups is 1. The summed E-state index contributed by atoms with van der Waals surface area (Å²) < 4.78 is 2.52. The van der Waals surface area contributed by atoms with Gasteiger partial charge in [0.05, 0.1) is 11.3 Å². The van der Waals surface area contributed by atoms with Crippen LogP contribution in [0.4, 0.5) is 5.82 Å². The van der Waals surface area contributed by atoms with Crippen molar-refractivity contribution in [2.24, 2.45) is 14.1 Å². The summed E-state index contributed by atoms with van der Waals surface area (Å²) >= 11 is 0. The van der Waals surface area contributed by atoms with E-state index >= 15 is 0 Å². The van der Waals surface area contributed by atoms with E-state index in [-0.39, 0.29) is 11.2 Å². The van der Waals surface area contributed by atoms with E-state index in [2.05, 4.69) is 10.9 Å². The van der Waals surface area contributed by atoms with E-state index in [0.717, 1.165) is 15.8 Å². The highest BCUT2D eigenvalue weighted by Crippen LogP contribution is 2.22. The fraction of sp³-hybridized carbons (Fsp3) is 0.200. The van der Waals surface area contributed by atoms with Crippen LogP contribution in [0.2, 0.25) is 0 Å². The number of rotatable bonds is 1. The summed E-state index contributed by atoms with van der Waals surface area (Å²) in [5.41, 5.74) is 8.68. The highest BCUT2D eigenvalue weighted by Gasteiger charge is 2.18. The Morgan fingerprint density at radius 1 is 0.952 bits per heavy atom. The van der Waals surface area contributed by atoms with Gasteiger partial charge in [0.25, 0.3) is 5.56 Å². The highest BCUT2D eigenvalue weighted by molar-refractivity contribution is 5.86. The minimum atomic E-state index is -0.361. The maximum absolute atomic E-state index is 12.3. The molecule has 2 N–H and O–H groups in total. The molecule has 0 aliphatic carbocycles. The van der Waals surface area contributed by atoms with Crippen LogP contribution in [0, 0.1) is 6.92 Å². The molecule has 3 rings (SSSR count). The average Bonchev–Trinajstić information content (AvgIpc) is 2.51. The predicted octanol–water partition coefficient (Wildman–Crippen LogP) is 0.821. The Hall–Kier alpha value is -2.76. The molecule has 1 aliphatic rings. The maximum atomic E-state index is 12.3. The lowest BCUT2D eigenvalue weighted by Gasteiger charge is -2.22. The molecular weight excluding hydrogens is 268 g/mol. The number of fused-ring (bicyclic) bond motifs is 1. The van der Waals surface area contributed by atoms with Crippen LogP contribution in [-0.4, -0.2) is 9.13 Å². The van der Waals surface area contributed by atoms with Crippen LogP contribution < -0.4 is 22.1 Å². The quantitative estimate of drug-likeness (QED) is 0.813. The summed E-state index contributed by atoms with van der Waals surface area (Å²) in [4.78, 5) is 24.1. The first kappa shape index (κ1) is 13.2. The van der Waals surface area contributed by atoms with Gasteiger partial charge in [-0.25, -0.2) is 4.79 Å². The predicted molar refractivity (Wildman–Crippen MR) is 82.7 cm³/mol. The summed E-state index contributed by atoms with van der Waals surface area (Å²) in [6, 6.07) is 7.97. The number of aryl methyl sites for hydroxylation is 1. The first-order valence-electron chi connectivity index (χ1n) is 6.60. The van der Waals surface area contributed by atoms with Gasteiger partial charge in [-0.05, 0) is 18.6 Å². The SMILES string of the molecule is Cc1ccc(C2=Cc3c(n(C)c(=O)n(C)c3=O)NN2)cc1. The topological polar surface area (TPSA) is 68.1 Å². The van der Waals surface area contributed by atoms with Gasteiger partial charge in [-0.3, -0.25) is 24.8 Å². The van der Waals surface area contributed by atoms with Crippen LogP contribution in [0.5, 0.6) is 0 Å². The molecule has 2 aromatic rings. The fourth-order valence-electron chi connectivity index (χ4n) is 2.35. The normalized spacial score (nSPS) is 13.0. The summed E-state index contributed by atoms with van der Waals surface area (Å²) in [7, 11) is 3.10. The largest absolute Gasteiger partial charge is 0.332 e. The maximum Gasteiger partial charge on any atom is 0.332 e. The van der Waals surface area contributed by atoms with E-state index in [0.29, 0.717) is 11.4 Å². The van der Waals surface area contributed by atoms with Crippen molar-refractivity contribution in [2.45, 2.75) is 6.92 Å². The standard InChI is InChI=1S/C15H16N4O2/c1-9-4-6-10(7-5-9)12-8-11-13(17-16-12)18(2)15(21)19(3)14(11)20/h4-8,16-17H,1-3H3. The Bertz CT molecular complexity index is 857. The van der Waals surface area contributed by atoms with E-state index in [4.69, 9.17) is 0 Å². The molecule has 2 heterocycles. The van der Waals surface area contributed by atoms with Crippen LogP contribution in [0.3, 0.4) is 0 Å². The van der Waals surface area contributed by atoms with Crippen molar-refractivity contribution >= 4 is 17.6 Å². The summed E-state index contributed by atoms with van der Waals surface area (Å²) in [5, 5.41) is 0. The molecule has 1 aliphatic heterocycles. The van der Waals surface area contributed by atoms with Crippen LogP contribution in [0.1, 0.15) is 16.7 Å². The second-order valence-corrected chi connectivity index (χ2v) is 5.14. The first-order chi connectivity index (χ1) is 9.99. The minimum absolute atomic E-state index is 0.313. The van der Waals surface area contributed by atoms with E-state index in [1.807, 2.05) is 31.2 Å². The molecule has 0 fully saturated rings. The Labute approximate surface area is 121 Å². The molecule has 1 aromatic carbocycles. The molecule has 0 unspecified atom stereocenters. The van der Waals surface area contributed by atoms with Gasteiger partial charge < -0.3 is 0 Å². The van der Waals surface area contributed by atoms with E-state index in [1.54, 1.807) is 13.1 Å². The monoisotopic (exact) mass is 284 g/mol. The van der Waals surface area contributed by atoms with Crippen molar-refractivity contribution in [2.75, 3.05) is 5.43 Å². The van der Waals surface area contributed by atoms with Gasteiger partial charge in [-0.2, -0.15) is 0 Å². The van der Waals surface area contributed by atoms with Gasteiger partial charge in [0.15, 0.2) is 0 Å². The molecule has 6 heteroatoms. The average molecular weight is 284 g/mol. The molecule has 0 radical (unpaired) electrons. The molecule has 108 valence electrons. The number of hydrogen-bond acceptors (Lipinski definition) is 4. The lowest BCUT2D eigenvalue weighted by atomic mass is 10.1. The summed E-state index contributed by atoms with van der Waals surface area (Å²) in [6.07, 6.45) is 1.76. The third-order valence-electron chi connectivity index (χ3n) is 3.67. The van der Waals surface area contributed by atoms with Gasteiger partial charge in [0.2, 0.25) is 0 Å². The summed E-state index contributed by atoms with van der Waals surface area (Å²) in [6.45, 7) is 2.02. The zero-order valence-corrected chi connectivity index (χ0v) is 12.1. The van der Waals surface area contributed by atoms with E-state index < -0.39 is 0 Å². The number of nitrogens with zero attached hydrogens (tertiary/aromatic N) is 2. The Morgan fingerprint density at radius 2 is 1.62 bits per heavy atom. The molecule has 6 nitrogen and oxygen atoms in total. The van der Waals surface area contributed by atoms with E-state index in [9.17, 15) is 9.59 Å². The molecule has 0 atom stereocenters. The number of hydrogen-bond donors (Lipinski definition) is 2. The number of nitrogens with one attached hydrogen (secondary N) is 2. The zero-order valence-electron chi connectivity index (χ0n) is 12.1. The molecule has 0 saturated carbocycles. The molecule has 1 aromatic heterocycles. The van der Waals surface area contributed by atoms with Gasteiger partial charge in [-0.1, -0.05) is 29.8 Å². The van der Waals surface area contributed by atoms with Crippen LogP contribution in [0.15, 0.2) is 33.9 Å². The number of aromatic nitrogens is 2. The second kappa shape index (κ2) is 4.66. The zero-order chi connectivity index (χ0) is 15.1. The van der Waals surface area contributed by atoms with Crippen LogP contribution in [0.25, 0.3) is 11.8 Å². The van der Waals surface area contributed by atoms with Gasteiger partial charge in [0, 0.05) is 14.1 Å². The van der Waals surface area contributed by atoms with E-state index in [1.165, 1.54) is 17.2 Å². The van der Waals surface area contributed by atoms with Crippen molar-refractivity contribution in [1.82, 2.24) is 14.6 Å². The second-order valence-electron chi connectivity index (χ2n) is 5.14. The van der Waals surface area contributed by atoms with Crippen molar-refractivity contribution < 1.29 is 0 Å². The van der Waals surface area contributed by atoms with Crippen molar-refractivity contribution in [1.29, 1.82) is 0 Å². The lowest BCUT2D eigenvalue weighted by Crippen LogP contribution is -2.42. The fourth-order valence-corrected chi connectivity index (χ4v) is 2.35. The lowest BCUT2D eigenvalue weighted by molar-refractivity contribution is 0.682. The van der Waals surface area contributed by atoms with Crippen LogP contribution in [-0.2, 0) is 14.1 Å². The smallest absolute Gasteiger partial charge is 0.299 e. The Kier molecular flexibility index (Phi) is 2.94. The molecule has 0 amide bonds.